The zero-order valence-electron chi connectivity index (χ0n) is 23.2. The summed E-state index contributed by atoms with van der Waals surface area (Å²) >= 11 is 0. The fraction of sp³-hybridized carbons (Fsp3) is 0.364. The van der Waals surface area contributed by atoms with Crippen LogP contribution in [-0.2, 0) is 38.6 Å². The highest BCUT2D eigenvalue weighted by Gasteiger charge is 2.39. The van der Waals surface area contributed by atoms with Crippen LogP contribution in [-0.4, -0.2) is 46.6 Å². The average molecular weight is 558 g/mol. The lowest BCUT2D eigenvalue weighted by Gasteiger charge is -2.37. The molecule has 1 saturated carbocycles. The molecule has 4 rings (SSSR count). The van der Waals surface area contributed by atoms with Crippen molar-refractivity contribution in [1.82, 2.24) is 10.4 Å². The highest BCUT2D eigenvalue weighted by molar-refractivity contribution is 5.86. The molecule has 0 aromatic heterocycles. The number of hydrazine groups is 1. The van der Waals surface area contributed by atoms with E-state index in [1.807, 2.05) is 91.0 Å². The molecule has 1 aliphatic rings. The second-order valence-corrected chi connectivity index (χ2v) is 10.7. The first-order valence-electron chi connectivity index (χ1n) is 14.2. The third kappa shape index (κ3) is 8.74. The standard InChI is InChI=1S/C33H39N3O5/c34-22-26-16-18-28(19-17-26)31(37)36(35-29(32(38)39)20-24-10-4-1-5-11-24)30(21-25-12-6-2-7-13-25)33(40)41-23-27-14-8-3-9-15-27/h1-15,26,28-30,35H,16-23,34H2,(H,38,39)/t26?,28?,29-,30-/m0/s1. The number of benzene rings is 3. The molecule has 0 bridgehead atoms. The number of esters is 1. The van der Waals surface area contributed by atoms with Crippen LogP contribution in [0.3, 0.4) is 0 Å². The summed E-state index contributed by atoms with van der Waals surface area (Å²) in [6, 6.07) is 25.7. The van der Waals surface area contributed by atoms with Gasteiger partial charge in [-0.2, -0.15) is 0 Å². The summed E-state index contributed by atoms with van der Waals surface area (Å²) < 4.78 is 5.74. The summed E-state index contributed by atoms with van der Waals surface area (Å²) in [6.07, 6.45) is 3.20. The molecule has 0 unspecified atom stereocenters. The van der Waals surface area contributed by atoms with Crippen LogP contribution in [0.15, 0.2) is 91.0 Å². The van der Waals surface area contributed by atoms with Crippen molar-refractivity contribution >= 4 is 17.8 Å². The van der Waals surface area contributed by atoms with Gasteiger partial charge in [0.2, 0.25) is 5.91 Å². The molecule has 3 aromatic rings. The lowest BCUT2D eigenvalue weighted by Crippen LogP contribution is -2.60. The first-order valence-corrected chi connectivity index (χ1v) is 14.2. The second kappa shape index (κ2) is 15.1. The number of ether oxygens (including phenoxy) is 1. The Hall–Kier alpha value is -4.01. The van der Waals surface area contributed by atoms with E-state index >= 15 is 0 Å². The minimum Gasteiger partial charge on any atom is -0.480 e. The summed E-state index contributed by atoms with van der Waals surface area (Å²) in [5.74, 6) is -2.00. The zero-order valence-corrected chi connectivity index (χ0v) is 23.2. The van der Waals surface area contributed by atoms with Gasteiger partial charge in [-0.05, 0) is 54.8 Å². The minimum absolute atomic E-state index is 0.0426. The van der Waals surface area contributed by atoms with Crippen LogP contribution in [0.4, 0.5) is 0 Å². The van der Waals surface area contributed by atoms with E-state index in [-0.39, 0.29) is 31.3 Å². The highest BCUT2D eigenvalue weighted by atomic mass is 16.5. The van der Waals surface area contributed by atoms with E-state index in [4.69, 9.17) is 10.5 Å². The van der Waals surface area contributed by atoms with Crippen LogP contribution in [0.1, 0.15) is 42.4 Å². The molecule has 41 heavy (non-hydrogen) atoms. The predicted octanol–water partition coefficient (Wildman–Crippen LogP) is 4.14. The molecule has 216 valence electrons. The van der Waals surface area contributed by atoms with Crippen molar-refractivity contribution in [2.24, 2.45) is 17.6 Å². The van der Waals surface area contributed by atoms with Gasteiger partial charge in [-0.25, -0.2) is 10.2 Å². The van der Waals surface area contributed by atoms with Crippen molar-refractivity contribution in [1.29, 1.82) is 0 Å². The summed E-state index contributed by atoms with van der Waals surface area (Å²) in [5.41, 5.74) is 11.3. The molecule has 0 heterocycles. The van der Waals surface area contributed by atoms with Crippen molar-refractivity contribution in [3.8, 4) is 0 Å². The first-order chi connectivity index (χ1) is 19.9. The van der Waals surface area contributed by atoms with Crippen LogP contribution in [0.2, 0.25) is 0 Å². The van der Waals surface area contributed by atoms with E-state index in [2.05, 4.69) is 5.43 Å². The van der Waals surface area contributed by atoms with Gasteiger partial charge in [0.1, 0.15) is 18.7 Å². The molecular weight excluding hydrogens is 518 g/mol. The summed E-state index contributed by atoms with van der Waals surface area (Å²) in [7, 11) is 0. The van der Waals surface area contributed by atoms with Gasteiger partial charge in [-0.15, -0.1) is 0 Å². The summed E-state index contributed by atoms with van der Waals surface area (Å²) in [4.78, 5) is 40.3. The van der Waals surface area contributed by atoms with Gasteiger partial charge >= 0.3 is 11.9 Å². The molecule has 8 nitrogen and oxygen atoms in total. The van der Waals surface area contributed by atoms with Crippen molar-refractivity contribution in [2.75, 3.05) is 6.54 Å². The van der Waals surface area contributed by atoms with E-state index in [0.29, 0.717) is 25.3 Å². The molecule has 0 aliphatic heterocycles. The molecule has 3 aromatic carbocycles. The Morgan fingerprint density at radius 3 is 1.83 bits per heavy atom. The molecular formula is C33H39N3O5. The van der Waals surface area contributed by atoms with Crippen molar-refractivity contribution in [3.63, 3.8) is 0 Å². The molecule has 8 heteroatoms. The number of nitrogens with two attached hydrogens (primary N) is 1. The normalized spacial score (nSPS) is 18.2. The Labute approximate surface area is 241 Å². The fourth-order valence-electron chi connectivity index (χ4n) is 5.30. The van der Waals surface area contributed by atoms with Crippen molar-refractivity contribution in [2.45, 2.75) is 57.2 Å². The van der Waals surface area contributed by atoms with Gasteiger partial charge < -0.3 is 15.6 Å². The van der Waals surface area contributed by atoms with Crippen LogP contribution in [0, 0.1) is 11.8 Å². The number of hydrogen-bond donors (Lipinski definition) is 3. The Balaban J connectivity index is 1.65. The van der Waals surface area contributed by atoms with Gasteiger partial charge in [0, 0.05) is 18.8 Å². The number of carbonyl (C=O) groups is 3. The lowest BCUT2D eigenvalue weighted by atomic mass is 9.81. The fourth-order valence-corrected chi connectivity index (χ4v) is 5.30. The van der Waals surface area contributed by atoms with E-state index < -0.39 is 24.0 Å². The maximum absolute atomic E-state index is 14.1. The van der Waals surface area contributed by atoms with Crippen molar-refractivity contribution in [3.05, 3.63) is 108 Å². The molecule has 2 atom stereocenters. The van der Waals surface area contributed by atoms with Gasteiger partial charge in [0.25, 0.3) is 0 Å². The van der Waals surface area contributed by atoms with E-state index in [9.17, 15) is 19.5 Å². The molecule has 0 saturated heterocycles. The monoisotopic (exact) mass is 557 g/mol. The summed E-state index contributed by atoms with van der Waals surface area (Å²) in [6.45, 7) is 0.616. The Kier molecular flexibility index (Phi) is 11.0. The quantitative estimate of drug-likeness (QED) is 0.213. The van der Waals surface area contributed by atoms with Crippen molar-refractivity contribution < 1.29 is 24.2 Å². The molecule has 1 amide bonds. The Morgan fingerprint density at radius 2 is 1.32 bits per heavy atom. The maximum Gasteiger partial charge on any atom is 0.331 e. The number of rotatable bonds is 13. The van der Waals surface area contributed by atoms with Crippen LogP contribution in [0.5, 0.6) is 0 Å². The number of carboxylic acids is 1. The smallest absolute Gasteiger partial charge is 0.331 e. The largest absolute Gasteiger partial charge is 0.480 e. The number of hydrogen-bond acceptors (Lipinski definition) is 6. The van der Waals surface area contributed by atoms with E-state index in [1.165, 1.54) is 5.01 Å². The molecule has 0 spiro atoms. The molecule has 1 aliphatic carbocycles. The number of nitrogens with zero attached hydrogens (tertiary/aromatic N) is 1. The molecule has 1 fully saturated rings. The number of aliphatic carboxylic acids is 1. The van der Waals surface area contributed by atoms with Gasteiger partial charge in [0.15, 0.2) is 0 Å². The molecule has 4 N–H and O–H groups in total. The number of amides is 1. The first kappa shape index (κ1) is 30.0. The van der Waals surface area contributed by atoms with Gasteiger partial charge in [-0.3, -0.25) is 14.6 Å². The van der Waals surface area contributed by atoms with Crippen LogP contribution < -0.4 is 11.2 Å². The topological polar surface area (TPSA) is 122 Å². The Bertz CT molecular complexity index is 1250. The van der Waals surface area contributed by atoms with Gasteiger partial charge in [-0.1, -0.05) is 91.0 Å². The number of carboxylic acid groups (broad SMARTS) is 1. The summed E-state index contributed by atoms with van der Waals surface area (Å²) in [5, 5.41) is 11.4. The Morgan fingerprint density at radius 1 is 0.805 bits per heavy atom. The zero-order chi connectivity index (χ0) is 29.0. The SMILES string of the molecule is NCC1CCC(C(=O)N(N[C@@H](Cc2ccccc2)C(=O)O)[C@@H](Cc2ccccc2)C(=O)OCc2ccccc2)CC1. The van der Waals surface area contributed by atoms with Crippen LogP contribution in [0.25, 0.3) is 0 Å². The average Bonchev–Trinajstić information content (AvgIpc) is 3.02. The van der Waals surface area contributed by atoms with E-state index in [0.717, 1.165) is 29.5 Å². The maximum atomic E-state index is 14.1. The minimum atomic E-state index is -1.14. The van der Waals surface area contributed by atoms with Gasteiger partial charge in [0.05, 0.1) is 0 Å². The predicted molar refractivity (Wildman–Crippen MR) is 156 cm³/mol. The van der Waals surface area contributed by atoms with E-state index in [1.54, 1.807) is 0 Å². The third-order valence-electron chi connectivity index (χ3n) is 7.72. The lowest BCUT2D eigenvalue weighted by molar-refractivity contribution is -0.163. The second-order valence-electron chi connectivity index (χ2n) is 10.7. The highest BCUT2D eigenvalue weighted by Crippen LogP contribution is 2.30. The molecule has 0 radical (unpaired) electrons. The number of carbonyl (C=O) groups excluding carboxylic acids is 2. The van der Waals surface area contributed by atoms with Crippen LogP contribution >= 0.6 is 0 Å². The number of nitrogens with one attached hydrogen (secondary N) is 1. The third-order valence-corrected chi connectivity index (χ3v) is 7.72.